The van der Waals surface area contributed by atoms with Crippen molar-refractivity contribution in [3.05, 3.63) is 12.3 Å². The average molecular weight is 193 g/mol. The fourth-order valence-corrected chi connectivity index (χ4v) is 3.28. The maximum absolute atomic E-state index is 4.23. The second-order valence-corrected chi connectivity index (χ2v) is 5.45. The van der Waals surface area contributed by atoms with E-state index in [1.807, 2.05) is 0 Å². The molecule has 3 fully saturated rings. The molecule has 1 unspecified atom stereocenters. The molecule has 80 valence electrons. The summed E-state index contributed by atoms with van der Waals surface area (Å²) in [7, 11) is 0. The van der Waals surface area contributed by atoms with Gasteiger partial charge in [0.05, 0.1) is 0 Å². The molecular formula is C13H23N. The highest BCUT2D eigenvalue weighted by Gasteiger charge is 2.36. The lowest BCUT2D eigenvalue weighted by molar-refractivity contribution is 0.116. The molecule has 3 aliphatic carbocycles. The van der Waals surface area contributed by atoms with Crippen molar-refractivity contribution in [1.82, 2.24) is 5.32 Å². The minimum Gasteiger partial charge on any atom is -0.386 e. The van der Waals surface area contributed by atoms with Gasteiger partial charge in [0.15, 0.2) is 0 Å². The zero-order chi connectivity index (χ0) is 10.1. The van der Waals surface area contributed by atoms with E-state index in [0.717, 1.165) is 17.8 Å². The van der Waals surface area contributed by atoms with Crippen LogP contribution in [0.2, 0.25) is 0 Å². The van der Waals surface area contributed by atoms with Gasteiger partial charge >= 0.3 is 0 Å². The maximum atomic E-state index is 4.23. The third-order valence-corrected chi connectivity index (χ3v) is 3.97. The van der Waals surface area contributed by atoms with Crippen LogP contribution >= 0.6 is 0 Å². The number of hydrogen-bond donors (Lipinski definition) is 1. The SMILES string of the molecule is C=C(NC(C)C)C1CC2CCC1CC2. The Labute approximate surface area is 88.0 Å². The third-order valence-electron chi connectivity index (χ3n) is 3.97. The maximum Gasteiger partial charge on any atom is 0.0201 e. The van der Waals surface area contributed by atoms with Gasteiger partial charge in [-0.15, -0.1) is 0 Å². The van der Waals surface area contributed by atoms with Crippen LogP contribution < -0.4 is 5.32 Å². The predicted octanol–water partition coefficient (Wildman–Crippen LogP) is 3.32. The van der Waals surface area contributed by atoms with E-state index in [0.29, 0.717) is 6.04 Å². The van der Waals surface area contributed by atoms with Crippen molar-refractivity contribution < 1.29 is 0 Å². The summed E-state index contributed by atoms with van der Waals surface area (Å²) in [6.07, 6.45) is 7.28. The molecule has 0 spiro atoms. The summed E-state index contributed by atoms with van der Waals surface area (Å²) in [5.41, 5.74) is 1.31. The Morgan fingerprint density at radius 3 is 2.29 bits per heavy atom. The summed E-state index contributed by atoms with van der Waals surface area (Å²) in [5.74, 6) is 2.74. The van der Waals surface area contributed by atoms with Gasteiger partial charge in [0.25, 0.3) is 0 Å². The molecule has 3 aliphatic rings. The van der Waals surface area contributed by atoms with Gasteiger partial charge in [-0.05, 0) is 44.9 Å². The van der Waals surface area contributed by atoms with E-state index in [9.17, 15) is 0 Å². The minimum atomic E-state index is 0.544. The molecule has 3 saturated carbocycles. The van der Waals surface area contributed by atoms with Crippen molar-refractivity contribution in [1.29, 1.82) is 0 Å². The van der Waals surface area contributed by atoms with Crippen LogP contribution in [-0.4, -0.2) is 6.04 Å². The van der Waals surface area contributed by atoms with Crippen LogP contribution in [0.4, 0.5) is 0 Å². The molecule has 0 heterocycles. The van der Waals surface area contributed by atoms with Gasteiger partial charge in [0.2, 0.25) is 0 Å². The van der Waals surface area contributed by atoms with Crippen molar-refractivity contribution in [2.75, 3.05) is 0 Å². The van der Waals surface area contributed by atoms with Crippen LogP contribution in [0.1, 0.15) is 46.0 Å². The van der Waals surface area contributed by atoms with E-state index in [-0.39, 0.29) is 0 Å². The Morgan fingerprint density at radius 2 is 1.86 bits per heavy atom. The first-order chi connectivity index (χ1) is 6.66. The van der Waals surface area contributed by atoms with E-state index in [4.69, 9.17) is 0 Å². The smallest absolute Gasteiger partial charge is 0.0201 e. The quantitative estimate of drug-likeness (QED) is 0.725. The molecular weight excluding hydrogens is 170 g/mol. The van der Waals surface area contributed by atoms with Gasteiger partial charge in [0, 0.05) is 17.7 Å². The number of nitrogens with one attached hydrogen (secondary N) is 1. The highest BCUT2D eigenvalue weighted by molar-refractivity contribution is 5.05. The molecule has 0 amide bonds. The molecule has 0 saturated heterocycles. The first-order valence-corrected chi connectivity index (χ1v) is 6.12. The lowest BCUT2D eigenvalue weighted by Crippen LogP contribution is -2.37. The molecule has 0 radical (unpaired) electrons. The van der Waals surface area contributed by atoms with Crippen LogP contribution in [0.15, 0.2) is 12.3 Å². The molecule has 0 aliphatic heterocycles. The molecule has 0 aromatic rings. The minimum absolute atomic E-state index is 0.544. The number of allylic oxidation sites excluding steroid dienone is 1. The first-order valence-electron chi connectivity index (χ1n) is 6.12. The zero-order valence-electron chi connectivity index (χ0n) is 9.55. The summed E-state index contributed by atoms with van der Waals surface area (Å²) in [4.78, 5) is 0. The van der Waals surface area contributed by atoms with Crippen LogP contribution in [0, 0.1) is 17.8 Å². The van der Waals surface area contributed by atoms with Crippen molar-refractivity contribution >= 4 is 0 Å². The number of rotatable bonds is 3. The molecule has 1 atom stereocenters. The molecule has 1 heteroatoms. The highest BCUT2D eigenvalue weighted by atomic mass is 14.9. The third kappa shape index (κ3) is 1.97. The number of fused-ring (bicyclic) bond motifs is 3. The molecule has 1 nitrogen and oxygen atoms in total. The summed E-state index contributed by atoms with van der Waals surface area (Å²) >= 11 is 0. The topological polar surface area (TPSA) is 12.0 Å². The zero-order valence-corrected chi connectivity index (χ0v) is 9.55. The Bertz CT molecular complexity index is 211. The predicted molar refractivity (Wildman–Crippen MR) is 61.0 cm³/mol. The molecule has 3 rings (SSSR count). The second kappa shape index (κ2) is 3.96. The summed E-state index contributed by atoms with van der Waals surface area (Å²) < 4.78 is 0. The van der Waals surface area contributed by atoms with Crippen LogP contribution in [0.25, 0.3) is 0 Å². The normalized spacial score (nSPS) is 36.1. The summed E-state index contributed by atoms with van der Waals surface area (Å²) in [5, 5.41) is 3.50. The monoisotopic (exact) mass is 193 g/mol. The first kappa shape index (κ1) is 10.1. The number of hydrogen-bond acceptors (Lipinski definition) is 1. The van der Waals surface area contributed by atoms with E-state index < -0.39 is 0 Å². The van der Waals surface area contributed by atoms with Crippen LogP contribution in [0.3, 0.4) is 0 Å². The second-order valence-electron chi connectivity index (χ2n) is 5.45. The van der Waals surface area contributed by atoms with Gasteiger partial charge in [-0.25, -0.2) is 0 Å². The van der Waals surface area contributed by atoms with Crippen molar-refractivity contribution in [3.8, 4) is 0 Å². The molecule has 0 aromatic heterocycles. The Kier molecular flexibility index (Phi) is 2.85. The standard InChI is InChI=1S/C13H23N/c1-9(2)14-10(3)13-8-11-4-6-12(13)7-5-11/h9,11-14H,3-8H2,1-2H3. The van der Waals surface area contributed by atoms with Gasteiger partial charge in [-0.3, -0.25) is 0 Å². The van der Waals surface area contributed by atoms with Gasteiger partial charge < -0.3 is 5.32 Å². The van der Waals surface area contributed by atoms with E-state index >= 15 is 0 Å². The van der Waals surface area contributed by atoms with Crippen molar-refractivity contribution in [2.24, 2.45) is 17.8 Å². The lowest BCUT2D eigenvalue weighted by atomic mass is 9.64. The van der Waals surface area contributed by atoms with Crippen LogP contribution in [-0.2, 0) is 0 Å². The largest absolute Gasteiger partial charge is 0.386 e. The Morgan fingerprint density at radius 1 is 1.21 bits per heavy atom. The molecule has 2 bridgehead atoms. The van der Waals surface area contributed by atoms with Gasteiger partial charge in [0.1, 0.15) is 0 Å². The van der Waals surface area contributed by atoms with Gasteiger partial charge in [-0.2, -0.15) is 0 Å². The molecule has 14 heavy (non-hydrogen) atoms. The highest BCUT2D eigenvalue weighted by Crippen LogP contribution is 2.46. The summed E-state index contributed by atoms with van der Waals surface area (Å²) in [6, 6.07) is 0.544. The Balaban J connectivity index is 1.94. The van der Waals surface area contributed by atoms with E-state index in [1.54, 1.807) is 0 Å². The van der Waals surface area contributed by atoms with Crippen LogP contribution in [0.5, 0.6) is 0 Å². The lowest BCUT2D eigenvalue weighted by Gasteiger charge is -2.43. The summed E-state index contributed by atoms with van der Waals surface area (Å²) in [6.45, 7) is 8.63. The fourth-order valence-electron chi connectivity index (χ4n) is 3.28. The molecule has 0 aromatic carbocycles. The van der Waals surface area contributed by atoms with Gasteiger partial charge in [-0.1, -0.05) is 19.4 Å². The average Bonchev–Trinajstić information content (AvgIpc) is 2.18. The molecule has 1 N–H and O–H groups in total. The van der Waals surface area contributed by atoms with E-state index in [2.05, 4.69) is 25.7 Å². The van der Waals surface area contributed by atoms with Crippen molar-refractivity contribution in [2.45, 2.75) is 52.0 Å². The van der Waals surface area contributed by atoms with E-state index in [1.165, 1.54) is 37.8 Å². The Hall–Kier alpha value is -0.460. The fraction of sp³-hybridized carbons (Fsp3) is 0.846. The van der Waals surface area contributed by atoms with Crippen molar-refractivity contribution in [3.63, 3.8) is 0 Å².